The van der Waals surface area contributed by atoms with Crippen LogP contribution in [0.5, 0.6) is 0 Å². The smallest absolute Gasteiger partial charge is 0.869 e. The third kappa shape index (κ3) is 82.9. The molecule has 0 rings (SSSR count). The molecule has 0 bridgehead atoms. The number of Topliss-reactive ketones (excluding diaryl/α,β-unsaturated/α-hetero) is 2. The van der Waals surface area contributed by atoms with Gasteiger partial charge in [-0.05, 0) is 39.5 Å². The van der Waals surface area contributed by atoms with E-state index in [4.69, 9.17) is 30.3 Å². The minimum atomic E-state index is -5.31. The first-order chi connectivity index (χ1) is 23.6. The molecule has 33 heteroatoms. The van der Waals surface area contributed by atoms with Crippen LogP contribution in [0.4, 0.5) is 83.8 Å². The number of aliphatic hydroxyl groups is 4. The molecule has 13 nitrogen and oxygen atoms in total. The molecular weight excluding hydrogens is 884 g/mol. The van der Waals surface area contributed by atoms with Crippen molar-refractivity contribution in [3.05, 3.63) is 11.8 Å². The van der Waals surface area contributed by atoms with E-state index in [0.29, 0.717) is 6.92 Å². The van der Waals surface area contributed by atoms with Gasteiger partial charge in [-0.15, -0.1) is 15.4 Å². The molecule has 0 aromatic rings. The van der Waals surface area contributed by atoms with Crippen molar-refractivity contribution in [3.63, 3.8) is 0 Å². The van der Waals surface area contributed by atoms with Gasteiger partial charge in [0.25, 0.3) is 5.79 Å². The van der Waals surface area contributed by atoms with Crippen LogP contribution in [0, 0.1) is 0 Å². The summed E-state index contributed by atoms with van der Waals surface area (Å²) in [5.74, 6) is -14.8. The number of halogens is 18. The normalized spacial score (nSPS) is 10.6. The number of alkyl halides is 16. The molecule has 57 heavy (non-hydrogen) atoms. The van der Waals surface area contributed by atoms with Crippen LogP contribution < -0.4 is 69.3 Å². The van der Waals surface area contributed by atoms with Crippen molar-refractivity contribution in [1.29, 1.82) is 0 Å². The van der Waals surface area contributed by atoms with E-state index in [1.165, 1.54) is 6.92 Å². The molecule has 6 N–H and O–H groups in total. The number of ether oxygens (including phenoxy) is 1. The Morgan fingerprint density at radius 2 is 0.982 bits per heavy atom. The van der Waals surface area contributed by atoms with Crippen LogP contribution in [0.1, 0.15) is 48.9 Å². The predicted octanol–water partition coefficient (Wildman–Crippen LogP) is -2.62. The maximum Gasteiger partial charge on any atom is 1.00 e. The molecule has 0 unspecified atom stereocenters. The van der Waals surface area contributed by atoms with Crippen molar-refractivity contribution in [2.24, 2.45) is 0 Å². The monoisotopic (exact) mass is 919 g/mol. The summed E-state index contributed by atoms with van der Waals surface area (Å²) in [6, 6.07) is 0. The first-order valence-corrected chi connectivity index (χ1v) is 12.5. The van der Waals surface area contributed by atoms with Gasteiger partial charge < -0.3 is 40.9 Å². The van der Waals surface area contributed by atoms with Gasteiger partial charge in [-0.3, -0.25) is 14.4 Å². The Morgan fingerprint density at radius 1 is 0.702 bits per heavy atom. The van der Waals surface area contributed by atoms with E-state index in [-0.39, 0.29) is 85.3 Å². The minimum absolute atomic E-state index is 0. The van der Waals surface area contributed by atoms with Gasteiger partial charge in [-0.2, -0.15) is 52.7 Å². The van der Waals surface area contributed by atoms with Crippen LogP contribution >= 0.6 is 0 Å². The first kappa shape index (κ1) is 83.0. The molecule has 0 radical (unpaired) electrons. The van der Waals surface area contributed by atoms with Gasteiger partial charge in [0.15, 0.2) is 11.6 Å². The van der Waals surface area contributed by atoms with Gasteiger partial charge in [0.1, 0.15) is 5.78 Å². The summed E-state index contributed by atoms with van der Waals surface area (Å²) in [6.07, 6.45) is -25.4. The third-order valence-corrected chi connectivity index (χ3v) is 2.88. The van der Waals surface area contributed by atoms with Crippen LogP contribution in [0.15, 0.2) is 11.8 Å². The van der Waals surface area contributed by atoms with Gasteiger partial charge in [0, 0.05) is 0 Å². The number of carbonyl (C=O) groups excluding carboxylic acids is 5. The first-order valence-electron chi connectivity index (χ1n) is 12.5. The molecule has 0 aliphatic carbocycles. The van der Waals surface area contributed by atoms with E-state index in [0.717, 1.165) is 13.8 Å². The number of hydrogen-bond acceptors (Lipinski definition) is 12. The van der Waals surface area contributed by atoms with Crippen molar-refractivity contribution in [2.75, 3.05) is 27.1 Å². The van der Waals surface area contributed by atoms with Crippen LogP contribution in [0.3, 0.4) is 0 Å². The molecule has 0 saturated carbocycles. The average molecular weight is 919 g/mol. The van der Waals surface area contributed by atoms with Crippen LogP contribution in [-0.4, -0.2) is 119 Å². The summed E-state index contributed by atoms with van der Waals surface area (Å²) in [5.41, 5.74) is 0. The molecule has 336 valence electrons. The fourth-order valence-corrected chi connectivity index (χ4v) is 1.37. The topological polar surface area (TPSA) is 253 Å². The van der Waals surface area contributed by atoms with Crippen molar-refractivity contribution in [3.8, 4) is 0 Å². The van der Waals surface area contributed by atoms with E-state index in [2.05, 4.69) is 4.74 Å². The number of allylic oxidation sites excluding steroid dienone is 2. The van der Waals surface area contributed by atoms with E-state index in [1.807, 2.05) is 0 Å². The number of carbonyl (C=O) groups is 5. The fraction of sp³-hybridized carbons (Fsp3) is 0.708. The number of rotatable bonds is 6. The molecule has 0 heterocycles. The second kappa shape index (κ2) is 42.3. The number of hydrogen-bond donors (Lipinski definition) is 4. The zero-order valence-electron chi connectivity index (χ0n) is 31.2. The van der Waals surface area contributed by atoms with E-state index in [9.17, 15) is 103 Å². The Hall–Kier alpha value is -1.81. The van der Waals surface area contributed by atoms with Gasteiger partial charge >= 0.3 is 97.5 Å². The van der Waals surface area contributed by atoms with Crippen molar-refractivity contribution in [1.82, 2.24) is 0 Å². The third-order valence-electron chi connectivity index (χ3n) is 2.88. The average Bonchev–Trinajstić information content (AvgIpc) is 2.87. The molecular formula is C24H35F18Na2O13+. The summed E-state index contributed by atoms with van der Waals surface area (Å²) >= 11 is 0. The molecule has 0 aromatic carbocycles. The Kier molecular flexibility index (Phi) is 61.6. The molecule has 0 aliphatic heterocycles. The summed E-state index contributed by atoms with van der Waals surface area (Å²) in [7, 11) is 0. The zero-order chi connectivity index (χ0) is 46.1. The number of ketones is 3. The molecule has 0 atom stereocenters. The second-order valence-corrected chi connectivity index (χ2v) is 8.06. The van der Waals surface area contributed by atoms with Gasteiger partial charge in [-0.25, -0.2) is 27.2 Å². The Bertz CT molecular complexity index is 1050. The summed E-state index contributed by atoms with van der Waals surface area (Å²) in [5, 5.41) is 52.3. The van der Waals surface area contributed by atoms with Crippen molar-refractivity contribution < 1.29 is 204 Å². The summed E-state index contributed by atoms with van der Waals surface area (Å²) in [4.78, 5) is 47.7. The Labute approximate surface area is 355 Å². The van der Waals surface area contributed by atoms with Gasteiger partial charge in [0.2, 0.25) is 19.6 Å². The standard InChI is InChI=1S/C5H9F3O4.2C5H5F3O2.C4H5F3O2.C2H5O.CF2O.2CH2F2.2Na.H2O/c1-3(9,10)2-4(11,12)5(6,7)8;2*1-3(9)2-4(10)5(6,7)8;1-2-9-3(8)4(5,6)7;1-2-3;2-1(3)4;2*2-1-3;;;/h9-12H,2H2,1H3;2H2,1H3;2,10H,1H3;2H2,1H3;2H2,1H3;;2*1H2;;;1H2/q;;;;-1;;;;2*+1;/b;;4-2-;;;;;;;;. The molecule has 0 aliphatic rings. The zero-order valence-corrected chi connectivity index (χ0v) is 34.2. The van der Waals surface area contributed by atoms with E-state index in [1.54, 1.807) is 6.92 Å². The second-order valence-electron chi connectivity index (χ2n) is 8.06. The number of esters is 1. The molecule has 0 aromatic heterocycles. The largest absolute Gasteiger partial charge is 1.00 e. The fourth-order valence-electron chi connectivity index (χ4n) is 1.37. The van der Waals surface area contributed by atoms with Crippen LogP contribution in [-0.2, 0) is 23.9 Å². The summed E-state index contributed by atoms with van der Waals surface area (Å²) < 4.78 is 198. The molecule has 0 amide bonds. The summed E-state index contributed by atoms with van der Waals surface area (Å²) in [6.45, 7) is 1.55. The quantitative estimate of drug-likeness (QED) is 0.0313. The maximum atomic E-state index is 11.6. The minimum Gasteiger partial charge on any atom is -0.869 e. The van der Waals surface area contributed by atoms with Crippen molar-refractivity contribution >= 4 is 29.6 Å². The van der Waals surface area contributed by atoms with E-state index < -0.39 is 98.3 Å². The van der Waals surface area contributed by atoms with Crippen LogP contribution in [0.25, 0.3) is 0 Å². The van der Waals surface area contributed by atoms with Gasteiger partial charge in [-0.1, -0.05) is 6.92 Å². The van der Waals surface area contributed by atoms with Crippen LogP contribution in [0.2, 0.25) is 0 Å². The molecule has 0 fully saturated rings. The molecule has 0 saturated heterocycles. The predicted molar refractivity (Wildman–Crippen MR) is 142 cm³/mol. The Morgan fingerprint density at radius 3 is 1.05 bits per heavy atom. The molecule has 0 spiro atoms. The van der Waals surface area contributed by atoms with E-state index >= 15 is 0 Å². The van der Waals surface area contributed by atoms with Gasteiger partial charge in [0.05, 0.1) is 19.4 Å². The maximum absolute atomic E-state index is 11.6. The SMILES string of the molecule is CC(=O)/C=C(\[O-])C(F)(F)F.CC(=O)CC(=O)C(F)(F)F.CC(O)(O)CC(O)(O)C(F)(F)F.CCOC(=O)C(F)(F)F.CC[O-].FCF.FCF.O.O=C(F)F.[H+].[Na+].[Na+]. The Balaban J connectivity index is -0.0000000433. The van der Waals surface area contributed by atoms with Crippen molar-refractivity contribution in [2.45, 2.75) is 83.7 Å².